The summed E-state index contributed by atoms with van der Waals surface area (Å²) in [5.41, 5.74) is 4.93. The van der Waals surface area contributed by atoms with E-state index in [1.54, 1.807) is 24.3 Å². The molecule has 4 aromatic rings. The third-order valence-corrected chi connectivity index (χ3v) is 6.16. The van der Waals surface area contributed by atoms with Crippen LogP contribution in [-0.2, 0) is 0 Å². The highest BCUT2D eigenvalue weighted by atomic mass is 16.6. The molecule has 156 valence electrons. The normalized spacial score (nSPS) is 18.3. The van der Waals surface area contributed by atoms with E-state index in [0.29, 0.717) is 5.84 Å². The molecule has 0 saturated carbocycles. The molecule has 0 spiro atoms. The maximum Gasteiger partial charge on any atom is 0.269 e. The first-order valence-corrected chi connectivity index (χ1v) is 9.99. The summed E-state index contributed by atoms with van der Waals surface area (Å²) in [6, 6.07) is 16.5. The second kappa shape index (κ2) is 6.48. The zero-order valence-electron chi connectivity index (χ0n) is 16.5. The lowest BCUT2D eigenvalue weighted by Gasteiger charge is -2.29. The molecule has 0 radical (unpaired) electrons. The molecule has 3 aromatic carbocycles. The fourth-order valence-electron chi connectivity index (χ4n) is 4.71. The van der Waals surface area contributed by atoms with Crippen molar-refractivity contribution in [3.63, 3.8) is 0 Å². The van der Waals surface area contributed by atoms with Crippen molar-refractivity contribution in [3.8, 4) is 11.1 Å². The molecule has 2 aliphatic rings. The first kappa shape index (κ1) is 18.3. The summed E-state index contributed by atoms with van der Waals surface area (Å²) in [6.45, 7) is 0. The van der Waals surface area contributed by atoms with Gasteiger partial charge < -0.3 is 10.3 Å². The second-order valence-corrected chi connectivity index (χ2v) is 7.85. The van der Waals surface area contributed by atoms with Gasteiger partial charge in [-0.15, -0.1) is 0 Å². The lowest BCUT2D eigenvalue weighted by Crippen LogP contribution is -2.27. The van der Waals surface area contributed by atoms with E-state index < -0.39 is 15.9 Å². The Labute approximate surface area is 180 Å². The number of para-hydroxylation sites is 1. The number of fused-ring (bicyclic) bond motifs is 7. The highest BCUT2D eigenvalue weighted by Crippen LogP contribution is 2.50. The number of rotatable bonds is 3. The van der Waals surface area contributed by atoms with E-state index in [4.69, 9.17) is 4.99 Å². The van der Waals surface area contributed by atoms with Crippen molar-refractivity contribution in [1.29, 1.82) is 0 Å². The lowest BCUT2D eigenvalue weighted by molar-refractivity contribution is -0.385. The van der Waals surface area contributed by atoms with Crippen LogP contribution in [0.15, 0.2) is 71.9 Å². The Morgan fingerprint density at radius 3 is 2.19 bits per heavy atom. The number of nitro groups is 2. The van der Waals surface area contributed by atoms with Crippen LogP contribution in [0.25, 0.3) is 22.0 Å². The van der Waals surface area contributed by atoms with E-state index in [1.807, 2.05) is 30.5 Å². The molecule has 0 fully saturated rings. The Hall–Kier alpha value is -4.53. The van der Waals surface area contributed by atoms with Gasteiger partial charge in [0.05, 0.1) is 15.9 Å². The SMILES string of the molecule is O=[N+]([O-])c1ccc2c(c1)C1N=C(c3c[nH]c4ccccc34)NC1c1cc([N+](=O)[O-])ccc1-2. The molecule has 9 heteroatoms. The molecule has 9 nitrogen and oxygen atoms in total. The molecule has 2 N–H and O–H groups in total. The monoisotopic (exact) mass is 425 g/mol. The van der Waals surface area contributed by atoms with Crippen LogP contribution >= 0.6 is 0 Å². The molecule has 0 bridgehead atoms. The smallest absolute Gasteiger partial charge is 0.269 e. The molecule has 2 heterocycles. The van der Waals surface area contributed by atoms with Gasteiger partial charge in [-0.25, -0.2) is 0 Å². The number of nitro benzene ring substituents is 2. The number of nitrogens with one attached hydrogen (secondary N) is 2. The molecule has 6 rings (SSSR count). The Bertz CT molecular complexity index is 1490. The van der Waals surface area contributed by atoms with Crippen molar-refractivity contribution in [2.24, 2.45) is 4.99 Å². The van der Waals surface area contributed by atoms with Crippen LogP contribution in [0.1, 0.15) is 28.8 Å². The quantitative estimate of drug-likeness (QED) is 0.360. The summed E-state index contributed by atoms with van der Waals surface area (Å²) in [6.07, 6.45) is 1.87. The van der Waals surface area contributed by atoms with Gasteiger partial charge in [0.15, 0.2) is 0 Å². The molecule has 1 aliphatic heterocycles. The van der Waals surface area contributed by atoms with Crippen LogP contribution < -0.4 is 5.32 Å². The van der Waals surface area contributed by atoms with Gasteiger partial charge in [-0.1, -0.05) is 18.2 Å². The van der Waals surface area contributed by atoms with Gasteiger partial charge >= 0.3 is 0 Å². The Morgan fingerprint density at radius 2 is 1.47 bits per heavy atom. The summed E-state index contributed by atoms with van der Waals surface area (Å²) in [4.78, 5) is 30.1. The van der Waals surface area contributed by atoms with Crippen LogP contribution in [0.3, 0.4) is 0 Å². The molecule has 1 aromatic heterocycles. The number of nitrogens with zero attached hydrogens (tertiary/aromatic N) is 3. The fourth-order valence-corrected chi connectivity index (χ4v) is 4.71. The van der Waals surface area contributed by atoms with Crippen LogP contribution in [0.4, 0.5) is 11.4 Å². The van der Waals surface area contributed by atoms with Crippen molar-refractivity contribution in [2.45, 2.75) is 12.1 Å². The molecule has 0 saturated heterocycles. The van der Waals surface area contributed by atoms with Crippen molar-refractivity contribution in [3.05, 3.63) is 104 Å². The highest BCUT2D eigenvalue weighted by Gasteiger charge is 2.40. The fraction of sp³-hybridized carbons (Fsp3) is 0.0870. The predicted molar refractivity (Wildman–Crippen MR) is 119 cm³/mol. The number of hydrogen-bond donors (Lipinski definition) is 2. The summed E-state index contributed by atoms with van der Waals surface area (Å²) in [5.74, 6) is 0.647. The predicted octanol–water partition coefficient (Wildman–Crippen LogP) is 4.80. The van der Waals surface area contributed by atoms with Gasteiger partial charge in [0.1, 0.15) is 11.9 Å². The Morgan fingerprint density at radius 1 is 0.812 bits per heavy atom. The van der Waals surface area contributed by atoms with Crippen LogP contribution in [0.5, 0.6) is 0 Å². The van der Waals surface area contributed by atoms with Crippen LogP contribution in [-0.4, -0.2) is 20.7 Å². The van der Waals surface area contributed by atoms with Crippen LogP contribution in [0, 0.1) is 20.2 Å². The first-order valence-electron chi connectivity index (χ1n) is 9.99. The second-order valence-electron chi connectivity index (χ2n) is 7.85. The average molecular weight is 425 g/mol. The standard InChI is InChI=1S/C23H15N5O4/c29-27(30)12-5-7-14-15-8-6-13(28(31)32)10-18(15)22-21(17(14)9-12)25-23(26-22)19-11-24-20-4-2-1-3-16(19)20/h1-11,21-22,24H,(H,25,26). The van der Waals surface area contributed by atoms with Crippen LogP contribution in [0.2, 0.25) is 0 Å². The van der Waals surface area contributed by atoms with Gasteiger partial charge in [-0.3, -0.25) is 25.2 Å². The number of non-ortho nitro benzene ring substituents is 2. The van der Waals surface area contributed by atoms with E-state index in [9.17, 15) is 20.2 Å². The number of aliphatic imine (C=N–C) groups is 1. The molecule has 2 atom stereocenters. The average Bonchev–Trinajstić information content (AvgIpc) is 3.43. The Balaban J connectivity index is 1.56. The molecule has 1 aliphatic carbocycles. The summed E-state index contributed by atoms with van der Waals surface area (Å²) in [7, 11) is 0. The maximum atomic E-state index is 11.4. The number of H-pyrrole nitrogens is 1. The van der Waals surface area contributed by atoms with Gasteiger partial charge in [0.25, 0.3) is 11.4 Å². The molecule has 0 amide bonds. The van der Waals surface area contributed by atoms with Gasteiger partial charge in [0, 0.05) is 46.9 Å². The molecule has 32 heavy (non-hydrogen) atoms. The van der Waals surface area contributed by atoms with E-state index in [2.05, 4.69) is 10.3 Å². The van der Waals surface area contributed by atoms with Gasteiger partial charge in [-0.05, 0) is 40.5 Å². The van der Waals surface area contributed by atoms with Crippen molar-refractivity contribution in [2.75, 3.05) is 0 Å². The number of aromatic amines is 1. The van der Waals surface area contributed by atoms with E-state index in [1.165, 1.54) is 12.1 Å². The number of hydrogen-bond acceptors (Lipinski definition) is 6. The highest BCUT2D eigenvalue weighted by molar-refractivity contribution is 6.10. The van der Waals surface area contributed by atoms with E-state index >= 15 is 0 Å². The Kier molecular flexibility index (Phi) is 3.70. The zero-order chi connectivity index (χ0) is 22.0. The minimum atomic E-state index is -0.442. The maximum absolute atomic E-state index is 11.4. The number of aromatic nitrogens is 1. The molecular formula is C23H15N5O4. The largest absolute Gasteiger partial charge is 0.360 e. The third kappa shape index (κ3) is 2.54. The first-order chi connectivity index (χ1) is 15.5. The topological polar surface area (TPSA) is 126 Å². The third-order valence-electron chi connectivity index (χ3n) is 6.16. The summed E-state index contributed by atoms with van der Waals surface area (Å²) in [5, 5.41) is 27.3. The van der Waals surface area contributed by atoms with E-state index in [0.717, 1.165) is 38.7 Å². The minimum absolute atomic E-state index is 0.00444. The van der Waals surface area contributed by atoms with Gasteiger partial charge in [0.2, 0.25) is 0 Å². The number of amidine groups is 1. The molecular weight excluding hydrogens is 410 g/mol. The van der Waals surface area contributed by atoms with Crippen molar-refractivity contribution in [1.82, 2.24) is 10.3 Å². The minimum Gasteiger partial charge on any atom is -0.360 e. The van der Waals surface area contributed by atoms with Crippen molar-refractivity contribution >= 4 is 28.1 Å². The lowest BCUT2D eigenvalue weighted by atomic mass is 9.79. The van der Waals surface area contributed by atoms with Gasteiger partial charge in [-0.2, -0.15) is 0 Å². The summed E-state index contributed by atoms with van der Waals surface area (Å²) < 4.78 is 0. The summed E-state index contributed by atoms with van der Waals surface area (Å²) >= 11 is 0. The molecule has 2 unspecified atom stereocenters. The zero-order valence-corrected chi connectivity index (χ0v) is 16.5. The van der Waals surface area contributed by atoms with E-state index in [-0.39, 0.29) is 17.4 Å². The van der Waals surface area contributed by atoms with Crippen molar-refractivity contribution < 1.29 is 9.85 Å². The number of benzene rings is 3.